The second kappa shape index (κ2) is 2.62. The smallest absolute Gasteiger partial charge is 0.270 e. The first-order chi connectivity index (χ1) is 6.27. The predicted octanol–water partition coefficient (Wildman–Crippen LogP) is -2.57. The predicted molar refractivity (Wildman–Crippen MR) is 38.2 cm³/mol. The van der Waals surface area contributed by atoms with Gasteiger partial charge in [-0.2, -0.15) is 4.68 Å². The number of nitrogens with one attached hydrogen (secondary N) is 2. The molecule has 66 valence electrons. The third-order valence-corrected chi connectivity index (χ3v) is 1.26. The lowest BCUT2D eigenvalue weighted by molar-refractivity contribution is 0.727. The Morgan fingerprint density at radius 3 is 2.85 bits per heavy atom. The summed E-state index contributed by atoms with van der Waals surface area (Å²) in [5.74, 6) is -0.0930. The van der Waals surface area contributed by atoms with E-state index in [9.17, 15) is 9.59 Å². The van der Waals surface area contributed by atoms with E-state index in [1.807, 2.05) is 4.98 Å². The van der Waals surface area contributed by atoms with E-state index in [0.29, 0.717) is 0 Å². The maximum absolute atomic E-state index is 11.1. The van der Waals surface area contributed by atoms with Gasteiger partial charge >= 0.3 is 5.69 Å². The van der Waals surface area contributed by atoms with E-state index in [4.69, 9.17) is 0 Å². The van der Waals surface area contributed by atoms with Gasteiger partial charge in [-0.3, -0.25) is 9.78 Å². The second-order valence-corrected chi connectivity index (χ2v) is 2.08. The molecule has 2 N–H and O–H groups in total. The molecular formula is C4H3N7O2. The van der Waals surface area contributed by atoms with E-state index in [2.05, 4.69) is 25.7 Å². The molecule has 2 aromatic rings. The van der Waals surface area contributed by atoms with Crippen LogP contribution in [0.2, 0.25) is 0 Å². The fourth-order valence-corrected chi connectivity index (χ4v) is 0.755. The SMILES string of the molecule is O=c1[nH]nc(-n2cnnn2)c(=O)[nH]1. The van der Waals surface area contributed by atoms with Gasteiger partial charge in [-0.15, -0.1) is 10.2 Å². The molecule has 0 bridgehead atoms. The van der Waals surface area contributed by atoms with Crippen LogP contribution in [0.5, 0.6) is 0 Å². The first kappa shape index (κ1) is 7.34. The monoisotopic (exact) mass is 181 g/mol. The van der Waals surface area contributed by atoms with Crippen LogP contribution in [-0.2, 0) is 0 Å². The lowest BCUT2D eigenvalue weighted by Gasteiger charge is -1.92. The van der Waals surface area contributed by atoms with Gasteiger partial charge in [0.2, 0.25) is 5.82 Å². The van der Waals surface area contributed by atoms with Gasteiger partial charge in [-0.1, -0.05) is 0 Å². The maximum atomic E-state index is 11.1. The first-order valence-electron chi connectivity index (χ1n) is 3.20. The van der Waals surface area contributed by atoms with Gasteiger partial charge in [0.15, 0.2) is 0 Å². The largest absolute Gasteiger partial charge is 0.342 e. The summed E-state index contributed by atoms with van der Waals surface area (Å²) in [7, 11) is 0. The van der Waals surface area contributed by atoms with E-state index in [0.717, 1.165) is 4.68 Å². The van der Waals surface area contributed by atoms with Crippen molar-refractivity contribution in [3.05, 3.63) is 27.2 Å². The van der Waals surface area contributed by atoms with Crippen LogP contribution in [-0.4, -0.2) is 35.4 Å². The molecule has 0 spiro atoms. The van der Waals surface area contributed by atoms with Crippen molar-refractivity contribution in [1.82, 2.24) is 35.4 Å². The van der Waals surface area contributed by atoms with E-state index in [1.54, 1.807) is 0 Å². The van der Waals surface area contributed by atoms with Crippen molar-refractivity contribution < 1.29 is 0 Å². The van der Waals surface area contributed by atoms with E-state index in [1.165, 1.54) is 6.33 Å². The molecule has 0 aromatic carbocycles. The molecule has 0 unspecified atom stereocenters. The zero-order valence-corrected chi connectivity index (χ0v) is 6.13. The zero-order chi connectivity index (χ0) is 9.26. The van der Waals surface area contributed by atoms with Crippen molar-refractivity contribution in [1.29, 1.82) is 0 Å². The molecule has 9 nitrogen and oxygen atoms in total. The van der Waals surface area contributed by atoms with Crippen molar-refractivity contribution >= 4 is 0 Å². The summed E-state index contributed by atoms with van der Waals surface area (Å²) < 4.78 is 1.04. The van der Waals surface area contributed by atoms with Crippen LogP contribution in [0.1, 0.15) is 0 Å². The maximum Gasteiger partial charge on any atom is 0.342 e. The molecule has 0 radical (unpaired) electrons. The second-order valence-electron chi connectivity index (χ2n) is 2.08. The Morgan fingerprint density at radius 1 is 1.38 bits per heavy atom. The molecule has 2 rings (SSSR count). The van der Waals surface area contributed by atoms with Crippen molar-refractivity contribution in [2.75, 3.05) is 0 Å². The van der Waals surface area contributed by atoms with Crippen molar-refractivity contribution in [2.45, 2.75) is 0 Å². The summed E-state index contributed by atoms with van der Waals surface area (Å²) in [6.45, 7) is 0. The molecule has 9 heteroatoms. The van der Waals surface area contributed by atoms with E-state index >= 15 is 0 Å². The van der Waals surface area contributed by atoms with Gasteiger partial charge in [0.05, 0.1) is 0 Å². The van der Waals surface area contributed by atoms with Crippen LogP contribution in [0.3, 0.4) is 0 Å². The number of hydrogen-bond acceptors (Lipinski definition) is 6. The molecule has 0 atom stereocenters. The molecule has 2 aromatic heterocycles. The number of nitrogens with zero attached hydrogens (tertiary/aromatic N) is 5. The molecule has 13 heavy (non-hydrogen) atoms. The van der Waals surface area contributed by atoms with E-state index in [-0.39, 0.29) is 5.82 Å². The van der Waals surface area contributed by atoms with Crippen LogP contribution in [0.15, 0.2) is 15.9 Å². The molecule has 0 fully saturated rings. The number of aromatic nitrogens is 7. The first-order valence-corrected chi connectivity index (χ1v) is 3.20. The highest BCUT2D eigenvalue weighted by molar-refractivity contribution is 5.10. The molecule has 0 aliphatic carbocycles. The highest BCUT2D eigenvalue weighted by atomic mass is 16.2. The average molecular weight is 181 g/mol. The summed E-state index contributed by atoms with van der Waals surface area (Å²) in [4.78, 5) is 23.6. The number of tetrazole rings is 1. The number of hydrogen-bond donors (Lipinski definition) is 2. The van der Waals surface area contributed by atoms with Gasteiger partial charge in [0, 0.05) is 0 Å². The third-order valence-electron chi connectivity index (χ3n) is 1.26. The third kappa shape index (κ3) is 1.21. The van der Waals surface area contributed by atoms with Gasteiger partial charge in [0.1, 0.15) is 6.33 Å². The molecule has 2 heterocycles. The van der Waals surface area contributed by atoms with E-state index < -0.39 is 11.2 Å². The van der Waals surface area contributed by atoms with Crippen molar-refractivity contribution in [3.8, 4) is 5.82 Å². The summed E-state index contributed by atoms with van der Waals surface area (Å²) in [6, 6.07) is 0. The van der Waals surface area contributed by atoms with Crippen LogP contribution in [0.25, 0.3) is 5.82 Å². The lowest BCUT2D eigenvalue weighted by Crippen LogP contribution is -2.28. The van der Waals surface area contributed by atoms with Gasteiger partial charge in [0.25, 0.3) is 5.56 Å². The Bertz CT molecular complexity index is 508. The van der Waals surface area contributed by atoms with Crippen LogP contribution in [0.4, 0.5) is 0 Å². The molecule has 0 amide bonds. The summed E-state index contributed by atoms with van der Waals surface area (Å²) in [6.07, 6.45) is 1.19. The highest BCUT2D eigenvalue weighted by Crippen LogP contribution is 1.84. The average Bonchev–Trinajstić information content (AvgIpc) is 2.56. The summed E-state index contributed by atoms with van der Waals surface area (Å²) in [5.41, 5.74) is -1.34. The minimum Gasteiger partial charge on any atom is -0.270 e. The Hall–Kier alpha value is -2.32. The molecule has 0 saturated carbocycles. The number of aromatic amines is 2. The topological polar surface area (TPSA) is 122 Å². The number of rotatable bonds is 1. The summed E-state index contributed by atoms with van der Waals surface area (Å²) in [5, 5.41) is 15.6. The Labute approximate surface area is 69.4 Å². The quantitative estimate of drug-likeness (QED) is 0.498. The molecule has 0 saturated heterocycles. The molecule has 0 aliphatic rings. The Morgan fingerprint density at radius 2 is 2.23 bits per heavy atom. The minimum atomic E-state index is -0.679. The zero-order valence-electron chi connectivity index (χ0n) is 6.13. The van der Waals surface area contributed by atoms with Crippen LogP contribution < -0.4 is 11.2 Å². The standard InChI is InChI=1S/C4H3N7O2/c12-3-2(7-8-4(13)6-3)11-1-5-9-10-11/h1H,(H2,6,8,12,13). The highest BCUT2D eigenvalue weighted by Gasteiger charge is 2.04. The van der Waals surface area contributed by atoms with Crippen LogP contribution >= 0.6 is 0 Å². The normalized spacial score (nSPS) is 10.2. The van der Waals surface area contributed by atoms with Crippen molar-refractivity contribution in [3.63, 3.8) is 0 Å². The van der Waals surface area contributed by atoms with Gasteiger partial charge < -0.3 is 0 Å². The molecular weight excluding hydrogens is 178 g/mol. The lowest BCUT2D eigenvalue weighted by atomic mass is 10.7. The fourth-order valence-electron chi connectivity index (χ4n) is 0.755. The molecule has 0 aliphatic heterocycles. The minimum absolute atomic E-state index is 0.0930. The van der Waals surface area contributed by atoms with Crippen molar-refractivity contribution in [2.24, 2.45) is 0 Å². The van der Waals surface area contributed by atoms with Gasteiger partial charge in [-0.05, 0) is 10.4 Å². The summed E-state index contributed by atoms with van der Waals surface area (Å²) >= 11 is 0. The van der Waals surface area contributed by atoms with Crippen LogP contribution in [0, 0.1) is 0 Å². The number of H-pyrrole nitrogens is 2. The Kier molecular flexibility index (Phi) is 1.48. The fraction of sp³-hybridized carbons (Fsp3) is 0. The Balaban J connectivity index is 2.67. The van der Waals surface area contributed by atoms with Gasteiger partial charge in [-0.25, -0.2) is 9.89 Å².